The minimum atomic E-state index is -0.241. The highest BCUT2D eigenvalue weighted by Crippen LogP contribution is 2.34. The van der Waals surface area contributed by atoms with Gasteiger partial charge in [-0.3, -0.25) is 0 Å². The first-order valence-electron chi connectivity index (χ1n) is 6.64. The lowest BCUT2D eigenvalue weighted by Crippen LogP contribution is -2.15. The summed E-state index contributed by atoms with van der Waals surface area (Å²) < 4.78 is 5.49. The van der Waals surface area contributed by atoms with Gasteiger partial charge in [-0.05, 0) is 37.7 Å². The Hall–Kier alpha value is -0.953. The van der Waals surface area contributed by atoms with E-state index in [1.54, 1.807) is 0 Å². The van der Waals surface area contributed by atoms with E-state index in [2.05, 4.69) is 67.6 Å². The van der Waals surface area contributed by atoms with Crippen LogP contribution < -0.4 is 10.6 Å². The summed E-state index contributed by atoms with van der Waals surface area (Å²) in [6.45, 7) is 2.89. The summed E-state index contributed by atoms with van der Waals surface area (Å²) in [5.41, 5.74) is 0. The highest BCUT2D eigenvalue weighted by atomic mass is 31.1. The van der Waals surface area contributed by atoms with Crippen LogP contribution in [-0.4, -0.2) is 22.5 Å². The summed E-state index contributed by atoms with van der Waals surface area (Å²) >= 11 is 0. The van der Waals surface area contributed by atoms with Crippen LogP contribution in [-0.2, 0) is 4.43 Å². The summed E-state index contributed by atoms with van der Waals surface area (Å²) in [6.07, 6.45) is 1.21. The Morgan fingerprint density at radius 3 is 1.89 bits per heavy atom. The Morgan fingerprint density at radius 1 is 0.895 bits per heavy atom. The van der Waals surface area contributed by atoms with Crippen molar-refractivity contribution in [2.75, 3.05) is 12.8 Å². The van der Waals surface area contributed by atoms with E-state index < -0.39 is 0 Å². The smallest absolute Gasteiger partial charge is 0.229 e. The number of hydrogen-bond donors (Lipinski definition) is 0. The van der Waals surface area contributed by atoms with Crippen LogP contribution in [0.5, 0.6) is 0 Å². The van der Waals surface area contributed by atoms with Crippen molar-refractivity contribution < 1.29 is 4.43 Å². The largest absolute Gasteiger partial charge is 0.418 e. The Balaban J connectivity index is 2.10. The molecule has 0 aromatic heterocycles. The minimum Gasteiger partial charge on any atom is -0.418 e. The lowest BCUT2D eigenvalue weighted by Gasteiger charge is -2.18. The maximum Gasteiger partial charge on any atom is 0.229 e. The molecule has 0 saturated heterocycles. The predicted molar refractivity (Wildman–Crippen MR) is 86.1 cm³/mol. The average Bonchev–Trinajstić information content (AvgIpc) is 2.49. The summed E-state index contributed by atoms with van der Waals surface area (Å²) in [5, 5.41) is 2.93. The summed E-state index contributed by atoms with van der Waals surface area (Å²) in [4.78, 5) is 0. The molecular formula is C16H19OPSi. The molecule has 98 valence electrons. The molecule has 3 heteroatoms. The second-order valence-corrected chi connectivity index (χ2v) is 7.56. The van der Waals surface area contributed by atoms with E-state index >= 15 is 0 Å². The van der Waals surface area contributed by atoms with Crippen LogP contribution in [0.1, 0.15) is 6.92 Å². The number of hydrogen-bond acceptors (Lipinski definition) is 1. The van der Waals surface area contributed by atoms with Crippen LogP contribution >= 0.6 is 7.92 Å². The molecule has 0 saturated carbocycles. The maximum absolute atomic E-state index is 5.49. The third-order valence-electron chi connectivity index (χ3n) is 2.82. The van der Waals surface area contributed by atoms with Crippen molar-refractivity contribution in [2.45, 2.75) is 13.0 Å². The Labute approximate surface area is 119 Å². The summed E-state index contributed by atoms with van der Waals surface area (Å²) in [7, 11) is 0.390. The lowest BCUT2D eigenvalue weighted by atomic mass is 10.4. The van der Waals surface area contributed by atoms with E-state index in [1.165, 1.54) is 16.8 Å². The molecule has 0 aliphatic rings. The molecule has 0 atom stereocenters. The fourth-order valence-electron chi connectivity index (χ4n) is 1.95. The standard InChI is InChI=1S/C16H19OPSi/c1-2-17-19-14-13-18(15-9-5-3-6-10-15)16-11-7-4-8-12-16/h3-12H,2,13-14H2,1H3. The third-order valence-corrected chi connectivity index (χ3v) is 6.70. The Kier molecular flexibility index (Phi) is 6.29. The van der Waals surface area contributed by atoms with Crippen LogP contribution in [0.4, 0.5) is 0 Å². The molecule has 2 radical (unpaired) electrons. The molecule has 0 aliphatic carbocycles. The second kappa shape index (κ2) is 8.26. The van der Waals surface area contributed by atoms with Gasteiger partial charge in [0, 0.05) is 6.61 Å². The van der Waals surface area contributed by atoms with Crippen molar-refractivity contribution in [2.24, 2.45) is 0 Å². The highest BCUT2D eigenvalue weighted by Gasteiger charge is 2.12. The van der Waals surface area contributed by atoms with Gasteiger partial charge in [0.25, 0.3) is 0 Å². The van der Waals surface area contributed by atoms with E-state index in [4.69, 9.17) is 4.43 Å². The molecule has 0 spiro atoms. The molecule has 2 aromatic rings. The quantitative estimate of drug-likeness (QED) is 0.431. The Bertz CT molecular complexity index is 421. The highest BCUT2D eigenvalue weighted by molar-refractivity contribution is 7.73. The zero-order valence-corrected chi connectivity index (χ0v) is 13.1. The van der Waals surface area contributed by atoms with Gasteiger partial charge in [0.2, 0.25) is 9.76 Å². The van der Waals surface area contributed by atoms with E-state index in [0.29, 0.717) is 9.76 Å². The third kappa shape index (κ3) is 4.57. The first kappa shape index (κ1) is 14.5. The van der Waals surface area contributed by atoms with Crippen LogP contribution in [0.25, 0.3) is 0 Å². The average molecular weight is 286 g/mol. The van der Waals surface area contributed by atoms with Gasteiger partial charge in [0.05, 0.1) is 0 Å². The van der Waals surface area contributed by atoms with Crippen molar-refractivity contribution in [3.8, 4) is 0 Å². The molecule has 1 nitrogen and oxygen atoms in total. The molecule has 0 aliphatic heterocycles. The SMILES string of the molecule is CCO[Si]CCP(c1ccccc1)c1ccccc1. The summed E-state index contributed by atoms with van der Waals surface area (Å²) in [5.74, 6) is 0. The van der Waals surface area contributed by atoms with Gasteiger partial charge in [-0.25, -0.2) is 0 Å². The molecule has 2 rings (SSSR count). The lowest BCUT2D eigenvalue weighted by molar-refractivity contribution is 0.361. The monoisotopic (exact) mass is 286 g/mol. The van der Waals surface area contributed by atoms with E-state index in [1.807, 2.05) is 0 Å². The van der Waals surface area contributed by atoms with Gasteiger partial charge in [-0.2, -0.15) is 0 Å². The van der Waals surface area contributed by atoms with Gasteiger partial charge in [-0.15, -0.1) is 0 Å². The van der Waals surface area contributed by atoms with Gasteiger partial charge in [0.1, 0.15) is 0 Å². The zero-order valence-electron chi connectivity index (χ0n) is 11.3. The number of benzene rings is 2. The molecule has 2 aromatic carbocycles. The summed E-state index contributed by atoms with van der Waals surface area (Å²) in [6, 6.07) is 22.9. The predicted octanol–water partition coefficient (Wildman–Crippen LogP) is 3.19. The fraction of sp³-hybridized carbons (Fsp3) is 0.250. The van der Waals surface area contributed by atoms with Crippen LogP contribution in [0.3, 0.4) is 0 Å². The van der Waals surface area contributed by atoms with Crippen molar-refractivity contribution in [3.63, 3.8) is 0 Å². The first-order valence-corrected chi connectivity index (χ1v) is 9.28. The van der Waals surface area contributed by atoms with Crippen LogP contribution in [0, 0.1) is 0 Å². The van der Waals surface area contributed by atoms with E-state index in [-0.39, 0.29) is 7.92 Å². The molecular weight excluding hydrogens is 267 g/mol. The molecule has 0 fully saturated rings. The topological polar surface area (TPSA) is 9.23 Å². The molecule has 19 heavy (non-hydrogen) atoms. The molecule has 0 heterocycles. The van der Waals surface area contributed by atoms with E-state index in [0.717, 1.165) is 12.7 Å². The van der Waals surface area contributed by atoms with Gasteiger partial charge in [0.15, 0.2) is 0 Å². The van der Waals surface area contributed by atoms with E-state index in [9.17, 15) is 0 Å². The van der Waals surface area contributed by atoms with Gasteiger partial charge < -0.3 is 4.43 Å². The number of rotatable bonds is 7. The van der Waals surface area contributed by atoms with Crippen LogP contribution in [0.15, 0.2) is 60.7 Å². The van der Waals surface area contributed by atoms with Gasteiger partial charge in [-0.1, -0.05) is 60.7 Å². The molecule has 0 unspecified atom stereocenters. The van der Waals surface area contributed by atoms with Crippen molar-refractivity contribution in [3.05, 3.63) is 60.7 Å². The fourth-order valence-corrected chi connectivity index (χ4v) is 5.44. The van der Waals surface area contributed by atoms with Crippen LogP contribution in [0.2, 0.25) is 6.04 Å². The molecule has 0 N–H and O–H groups in total. The van der Waals surface area contributed by atoms with Gasteiger partial charge >= 0.3 is 0 Å². The first-order chi connectivity index (χ1) is 9.42. The van der Waals surface area contributed by atoms with Crippen molar-refractivity contribution >= 4 is 28.3 Å². The zero-order chi connectivity index (χ0) is 13.3. The minimum absolute atomic E-state index is 0.241. The Morgan fingerprint density at radius 2 is 1.42 bits per heavy atom. The second-order valence-electron chi connectivity index (χ2n) is 4.15. The molecule has 0 amide bonds. The molecule has 0 bridgehead atoms. The normalized spacial score (nSPS) is 10.8. The maximum atomic E-state index is 5.49. The van der Waals surface area contributed by atoms with Crippen molar-refractivity contribution in [1.29, 1.82) is 0 Å². The van der Waals surface area contributed by atoms with Crippen molar-refractivity contribution in [1.82, 2.24) is 0 Å².